The lowest BCUT2D eigenvalue weighted by atomic mass is 9.86. The van der Waals surface area contributed by atoms with E-state index in [1.807, 2.05) is 37.8 Å². The smallest absolute Gasteiger partial charge is 0.410 e. The monoisotopic (exact) mass is 436 g/mol. The second kappa shape index (κ2) is 7.61. The minimum absolute atomic E-state index is 0.207. The van der Waals surface area contributed by atoms with Gasteiger partial charge in [-0.3, -0.25) is 0 Å². The Morgan fingerprint density at radius 1 is 1.06 bits per heavy atom. The Hall–Kier alpha value is -2.89. The van der Waals surface area contributed by atoms with E-state index in [4.69, 9.17) is 14.2 Å². The number of amides is 1. The second-order valence-electron chi connectivity index (χ2n) is 9.97. The topological polar surface area (TPSA) is 51.2 Å². The van der Waals surface area contributed by atoms with E-state index in [1.54, 1.807) is 14.2 Å². The summed E-state index contributed by atoms with van der Waals surface area (Å²) < 4.78 is 16.7. The van der Waals surface area contributed by atoms with Crippen LogP contribution in [0.25, 0.3) is 11.1 Å². The van der Waals surface area contributed by atoms with Crippen LogP contribution < -0.4 is 14.4 Å². The Kier molecular flexibility index (Phi) is 4.99. The van der Waals surface area contributed by atoms with Crippen molar-refractivity contribution in [3.8, 4) is 22.6 Å². The lowest BCUT2D eigenvalue weighted by Crippen LogP contribution is -2.49. The molecule has 1 amide bonds. The maximum atomic E-state index is 12.8. The molecule has 5 rings (SSSR count). The number of carbonyl (C=O) groups is 1. The largest absolute Gasteiger partial charge is 0.497 e. The summed E-state index contributed by atoms with van der Waals surface area (Å²) in [6.07, 6.45) is 1.83. The van der Waals surface area contributed by atoms with Crippen LogP contribution in [0.2, 0.25) is 0 Å². The minimum atomic E-state index is -0.482. The van der Waals surface area contributed by atoms with E-state index in [-0.39, 0.29) is 6.09 Å². The van der Waals surface area contributed by atoms with Crippen LogP contribution in [0.15, 0.2) is 30.3 Å². The van der Waals surface area contributed by atoms with Gasteiger partial charge in [0, 0.05) is 48.9 Å². The number of fused-ring (bicyclic) bond motifs is 3. The number of anilines is 1. The maximum Gasteiger partial charge on any atom is 0.410 e. The van der Waals surface area contributed by atoms with Crippen LogP contribution in [-0.2, 0) is 11.2 Å². The van der Waals surface area contributed by atoms with E-state index in [2.05, 4.69) is 23.1 Å². The molecule has 0 unspecified atom stereocenters. The van der Waals surface area contributed by atoms with E-state index in [0.717, 1.165) is 48.6 Å². The zero-order valence-corrected chi connectivity index (χ0v) is 19.6. The zero-order chi connectivity index (χ0) is 22.6. The molecule has 0 aromatic heterocycles. The van der Waals surface area contributed by atoms with E-state index < -0.39 is 5.60 Å². The Balaban J connectivity index is 1.51. The summed E-state index contributed by atoms with van der Waals surface area (Å²) in [5.74, 6) is 1.89. The van der Waals surface area contributed by atoms with Crippen LogP contribution in [0.1, 0.15) is 44.2 Å². The van der Waals surface area contributed by atoms with Gasteiger partial charge in [0.1, 0.15) is 17.1 Å². The van der Waals surface area contributed by atoms with Crippen molar-refractivity contribution in [1.82, 2.24) is 4.90 Å². The number of ether oxygens (including phenoxy) is 3. The van der Waals surface area contributed by atoms with Gasteiger partial charge in [0.2, 0.25) is 0 Å². The predicted molar refractivity (Wildman–Crippen MR) is 125 cm³/mol. The molecule has 2 atom stereocenters. The van der Waals surface area contributed by atoms with Gasteiger partial charge in [-0.25, -0.2) is 4.79 Å². The number of carbonyl (C=O) groups excluding carboxylic acids is 1. The summed E-state index contributed by atoms with van der Waals surface area (Å²) in [6.45, 7) is 8.26. The molecule has 6 nitrogen and oxygen atoms in total. The van der Waals surface area contributed by atoms with Crippen LogP contribution in [0.4, 0.5) is 10.5 Å². The molecule has 6 heteroatoms. The van der Waals surface area contributed by atoms with Crippen LogP contribution >= 0.6 is 0 Å². The van der Waals surface area contributed by atoms with Gasteiger partial charge in [-0.2, -0.15) is 0 Å². The highest BCUT2D eigenvalue weighted by molar-refractivity contribution is 5.80. The van der Waals surface area contributed by atoms with Crippen LogP contribution in [-0.4, -0.2) is 56.5 Å². The van der Waals surface area contributed by atoms with E-state index in [0.29, 0.717) is 18.5 Å². The number of methoxy groups -OCH3 is 2. The molecule has 1 saturated heterocycles. The first kappa shape index (κ1) is 21.0. The molecular formula is C26H32N2O4. The Labute approximate surface area is 190 Å². The molecule has 2 aromatic rings. The van der Waals surface area contributed by atoms with Crippen molar-refractivity contribution in [2.75, 3.05) is 38.8 Å². The molecule has 2 aromatic carbocycles. The summed E-state index contributed by atoms with van der Waals surface area (Å²) in [5.41, 5.74) is 5.88. The fraction of sp³-hybridized carbons (Fsp3) is 0.500. The average molecular weight is 437 g/mol. The molecule has 1 fully saturated rings. The van der Waals surface area contributed by atoms with Gasteiger partial charge in [-0.15, -0.1) is 0 Å². The third-order valence-electron chi connectivity index (χ3n) is 6.88. The van der Waals surface area contributed by atoms with E-state index in [1.165, 1.54) is 16.8 Å². The third-order valence-corrected chi connectivity index (χ3v) is 6.88. The van der Waals surface area contributed by atoms with Gasteiger partial charge in [0.15, 0.2) is 0 Å². The van der Waals surface area contributed by atoms with Gasteiger partial charge in [-0.05, 0) is 74.6 Å². The SMILES string of the molecule is COc1ccc(-c2cc3c4c(c2)[C@H]2CN(C(=O)OC(C)(C)C)CC[C@H]2N4CC3)c(OC)c1. The first-order valence-electron chi connectivity index (χ1n) is 11.4. The van der Waals surface area contributed by atoms with Crippen molar-refractivity contribution in [2.24, 2.45) is 0 Å². The minimum Gasteiger partial charge on any atom is -0.497 e. The maximum absolute atomic E-state index is 12.8. The van der Waals surface area contributed by atoms with Crippen molar-refractivity contribution < 1.29 is 19.0 Å². The van der Waals surface area contributed by atoms with E-state index in [9.17, 15) is 4.79 Å². The quantitative estimate of drug-likeness (QED) is 0.689. The number of piperidine rings is 1. The summed E-state index contributed by atoms with van der Waals surface area (Å²) >= 11 is 0. The molecule has 170 valence electrons. The summed E-state index contributed by atoms with van der Waals surface area (Å²) in [5, 5.41) is 0. The lowest BCUT2D eigenvalue weighted by Gasteiger charge is -2.38. The first-order chi connectivity index (χ1) is 15.3. The molecule has 0 spiro atoms. The molecule has 3 aliphatic heterocycles. The summed E-state index contributed by atoms with van der Waals surface area (Å²) in [7, 11) is 3.36. The van der Waals surface area contributed by atoms with Gasteiger partial charge in [0.25, 0.3) is 0 Å². The number of benzene rings is 2. The molecule has 0 N–H and O–H groups in total. The fourth-order valence-electron chi connectivity index (χ4n) is 5.53. The Morgan fingerprint density at radius 3 is 2.59 bits per heavy atom. The molecule has 0 bridgehead atoms. The standard InChI is InChI=1S/C26H32N2O4/c1-26(2,3)32-25(29)27-10-9-22-21(15-27)20-13-17(12-16-8-11-28(22)24(16)20)19-7-6-18(30-4)14-23(19)31-5/h6-7,12-14,21-22H,8-11,15H2,1-5H3/t21-,22-/m1/s1. The Morgan fingerprint density at radius 2 is 1.88 bits per heavy atom. The van der Waals surface area contributed by atoms with Crippen molar-refractivity contribution >= 4 is 11.8 Å². The highest BCUT2D eigenvalue weighted by atomic mass is 16.6. The van der Waals surface area contributed by atoms with E-state index >= 15 is 0 Å². The number of rotatable bonds is 3. The number of hydrogen-bond acceptors (Lipinski definition) is 5. The number of likely N-dealkylation sites (tertiary alicyclic amines) is 1. The average Bonchev–Trinajstić information content (AvgIpc) is 3.33. The molecule has 3 heterocycles. The normalized spacial score (nSPS) is 21.3. The molecule has 32 heavy (non-hydrogen) atoms. The predicted octanol–water partition coefficient (Wildman–Crippen LogP) is 4.84. The Bertz CT molecular complexity index is 1060. The first-order valence-corrected chi connectivity index (χ1v) is 11.4. The van der Waals surface area contributed by atoms with Gasteiger partial charge < -0.3 is 24.0 Å². The number of hydrogen-bond donors (Lipinski definition) is 0. The van der Waals surface area contributed by atoms with Crippen LogP contribution in [0, 0.1) is 0 Å². The van der Waals surface area contributed by atoms with Crippen LogP contribution in [0.5, 0.6) is 11.5 Å². The fourth-order valence-corrected chi connectivity index (χ4v) is 5.53. The van der Waals surface area contributed by atoms with Crippen molar-refractivity contribution in [3.05, 3.63) is 41.5 Å². The van der Waals surface area contributed by atoms with Gasteiger partial charge in [0.05, 0.1) is 14.2 Å². The molecule has 0 aliphatic carbocycles. The molecular weight excluding hydrogens is 404 g/mol. The zero-order valence-electron chi connectivity index (χ0n) is 19.6. The summed E-state index contributed by atoms with van der Waals surface area (Å²) in [6, 6.07) is 11.1. The van der Waals surface area contributed by atoms with Gasteiger partial charge in [-0.1, -0.05) is 0 Å². The highest BCUT2D eigenvalue weighted by Gasteiger charge is 2.46. The molecule has 0 saturated carbocycles. The summed E-state index contributed by atoms with van der Waals surface area (Å²) in [4.78, 5) is 17.2. The molecule has 3 aliphatic rings. The van der Waals surface area contributed by atoms with Crippen LogP contribution in [0.3, 0.4) is 0 Å². The van der Waals surface area contributed by atoms with Crippen molar-refractivity contribution in [2.45, 2.75) is 51.2 Å². The lowest BCUT2D eigenvalue weighted by molar-refractivity contribution is 0.0189. The number of nitrogens with zero attached hydrogens (tertiary/aromatic N) is 2. The second-order valence-corrected chi connectivity index (χ2v) is 9.97. The third kappa shape index (κ3) is 3.46. The van der Waals surface area contributed by atoms with Crippen molar-refractivity contribution in [1.29, 1.82) is 0 Å². The van der Waals surface area contributed by atoms with Crippen molar-refractivity contribution in [3.63, 3.8) is 0 Å². The molecule has 0 radical (unpaired) electrons. The van der Waals surface area contributed by atoms with Gasteiger partial charge >= 0.3 is 6.09 Å². The highest BCUT2D eigenvalue weighted by Crippen LogP contribution is 2.51.